The number of hydrogen-bond donors (Lipinski definition) is 1. The third kappa shape index (κ3) is 4.40. The molecule has 0 spiro atoms. The summed E-state index contributed by atoms with van der Waals surface area (Å²) in [6.07, 6.45) is 1.78. The maximum atomic E-state index is 14.8. The van der Waals surface area contributed by atoms with Crippen LogP contribution in [0.3, 0.4) is 0 Å². The lowest BCUT2D eigenvalue weighted by Crippen LogP contribution is -2.71. The first-order valence-corrected chi connectivity index (χ1v) is 11.1. The van der Waals surface area contributed by atoms with E-state index in [1.807, 2.05) is 0 Å². The second-order valence-corrected chi connectivity index (χ2v) is 9.45. The number of alkyl halides is 2. The van der Waals surface area contributed by atoms with Gasteiger partial charge in [-0.15, -0.1) is 11.6 Å². The zero-order chi connectivity index (χ0) is 20.5. The van der Waals surface area contributed by atoms with Crippen LogP contribution in [0.5, 0.6) is 0 Å². The van der Waals surface area contributed by atoms with E-state index >= 15 is 0 Å². The number of nitrogens with zero attached hydrogens (tertiary/aromatic N) is 2. The molecule has 3 aliphatic heterocycles. The van der Waals surface area contributed by atoms with Crippen molar-refractivity contribution in [1.82, 2.24) is 15.1 Å². The molecule has 1 N–H and O–H groups in total. The number of nitrogens with one attached hydrogen (secondary N) is 1. The number of carbonyl (C=O) groups excluding carboxylic acids is 2. The normalized spacial score (nSPS) is 39.6. The van der Waals surface area contributed by atoms with Gasteiger partial charge in [-0.25, -0.2) is 4.39 Å². The quantitative estimate of drug-likeness (QED) is 0.661. The maximum Gasteiger partial charge on any atom is 0.247 e. The van der Waals surface area contributed by atoms with Crippen LogP contribution in [0.2, 0.25) is 0 Å². The second kappa shape index (κ2) is 9.04. The molecule has 4 rings (SSSR count). The summed E-state index contributed by atoms with van der Waals surface area (Å²) in [5.41, 5.74) is 0. The summed E-state index contributed by atoms with van der Waals surface area (Å²) in [5.74, 6) is 0.0743. The van der Waals surface area contributed by atoms with Gasteiger partial charge in [0.25, 0.3) is 0 Å². The summed E-state index contributed by atoms with van der Waals surface area (Å²) in [6.45, 7) is 1.88. The predicted molar refractivity (Wildman–Crippen MR) is 105 cm³/mol. The van der Waals surface area contributed by atoms with E-state index in [9.17, 15) is 14.0 Å². The van der Waals surface area contributed by atoms with Crippen LogP contribution in [0.15, 0.2) is 0 Å². The van der Waals surface area contributed by atoms with E-state index in [0.717, 1.165) is 25.7 Å². The molecule has 1 aliphatic carbocycles. The Morgan fingerprint density at radius 2 is 1.97 bits per heavy atom. The van der Waals surface area contributed by atoms with Crippen molar-refractivity contribution in [3.8, 4) is 0 Å². The van der Waals surface area contributed by atoms with Gasteiger partial charge in [0.05, 0.1) is 19.3 Å². The molecule has 7 nitrogen and oxygen atoms in total. The van der Waals surface area contributed by atoms with E-state index in [4.69, 9.17) is 21.1 Å². The van der Waals surface area contributed by atoms with Crippen molar-refractivity contribution >= 4 is 23.4 Å². The van der Waals surface area contributed by atoms with Crippen LogP contribution >= 0.6 is 11.6 Å². The summed E-state index contributed by atoms with van der Waals surface area (Å²) in [7, 11) is 1.55. The van der Waals surface area contributed by atoms with Crippen LogP contribution in [0.1, 0.15) is 32.1 Å². The number of methoxy groups -OCH3 is 1. The number of piperidine rings is 1. The molecule has 3 heterocycles. The van der Waals surface area contributed by atoms with Gasteiger partial charge in [0.2, 0.25) is 11.8 Å². The van der Waals surface area contributed by atoms with E-state index in [-0.39, 0.29) is 42.2 Å². The number of carbonyl (C=O) groups is 2. The molecule has 0 aromatic heterocycles. The van der Waals surface area contributed by atoms with Crippen molar-refractivity contribution < 1.29 is 23.5 Å². The van der Waals surface area contributed by atoms with Gasteiger partial charge in [-0.2, -0.15) is 0 Å². The Labute approximate surface area is 176 Å². The minimum absolute atomic E-state index is 0.0213. The molecule has 2 amide bonds. The highest BCUT2D eigenvalue weighted by atomic mass is 35.5. The molecular formula is C20H31ClFN3O4. The molecule has 3 saturated heterocycles. The number of rotatable bonds is 5. The molecular weight excluding hydrogens is 401 g/mol. The molecule has 29 heavy (non-hydrogen) atoms. The van der Waals surface area contributed by atoms with Crippen LogP contribution in [0.25, 0.3) is 0 Å². The van der Waals surface area contributed by atoms with Crippen LogP contribution in [0.4, 0.5) is 4.39 Å². The minimum atomic E-state index is -1.27. The van der Waals surface area contributed by atoms with Gasteiger partial charge in [0.1, 0.15) is 24.9 Å². The van der Waals surface area contributed by atoms with Crippen molar-refractivity contribution in [3.63, 3.8) is 0 Å². The smallest absolute Gasteiger partial charge is 0.247 e. The highest BCUT2D eigenvalue weighted by molar-refractivity contribution is 6.20. The van der Waals surface area contributed by atoms with E-state index < -0.39 is 18.4 Å². The lowest BCUT2D eigenvalue weighted by molar-refractivity contribution is -0.174. The number of amides is 2. The zero-order valence-electron chi connectivity index (χ0n) is 16.9. The van der Waals surface area contributed by atoms with E-state index in [0.29, 0.717) is 32.2 Å². The molecule has 3 unspecified atom stereocenters. The Hall–Kier alpha value is -0.960. The Morgan fingerprint density at radius 3 is 2.55 bits per heavy atom. The summed E-state index contributed by atoms with van der Waals surface area (Å²) in [6, 6.07) is -0.562. The molecule has 4 fully saturated rings. The highest BCUT2D eigenvalue weighted by Crippen LogP contribution is 2.33. The molecule has 0 bridgehead atoms. The van der Waals surface area contributed by atoms with Gasteiger partial charge >= 0.3 is 0 Å². The van der Waals surface area contributed by atoms with Crippen molar-refractivity contribution in [2.24, 2.45) is 11.8 Å². The Kier molecular flexibility index (Phi) is 6.63. The fourth-order valence-electron chi connectivity index (χ4n) is 5.03. The number of piperazine rings is 1. The van der Waals surface area contributed by atoms with Crippen LogP contribution in [-0.4, -0.2) is 91.4 Å². The Morgan fingerprint density at radius 1 is 1.24 bits per heavy atom. The first-order valence-electron chi connectivity index (χ1n) is 10.7. The van der Waals surface area contributed by atoms with Gasteiger partial charge in [0, 0.05) is 37.9 Å². The van der Waals surface area contributed by atoms with E-state index in [2.05, 4.69) is 5.32 Å². The second-order valence-electron chi connectivity index (χ2n) is 8.84. The molecule has 9 heteroatoms. The third-order valence-corrected chi connectivity index (χ3v) is 7.33. The minimum Gasteiger partial charge on any atom is -0.380 e. The standard InChI is InChI=1S/C20H31ClFN3O4/c1-28-15-6-16(22)19(23-7-15)25-9-17(26)24(8-12-2-4-14(21)5-3-12)18(20(25)27)13-10-29-11-13/h12-16,18-19,23H,2-11H2,1H3/t12?,14?,15?,16?,18-,19?/m1/s1. The van der Waals surface area contributed by atoms with Gasteiger partial charge in [0.15, 0.2) is 0 Å². The van der Waals surface area contributed by atoms with Crippen molar-refractivity contribution in [1.29, 1.82) is 0 Å². The zero-order valence-corrected chi connectivity index (χ0v) is 17.7. The lowest BCUT2D eigenvalue weighted by Gasteiger charge is -2.50. The summed E-state index contributed by atoms with van der Waals surface area (Å²) in [4.78, 5) is 29.7. The van der Waals surface area contributed by atoms with Crippen LogP contribution in [-0.2, 0) is 19.1 Å². The molecule has 0 aromatic carbocycles. The summed E-state index contributed by atoms with van der Waals surface area (Å²) in [5, 5.41) is 3.29. The fraction of sp³-hybridized carbons (Fsp3) is 0.900. The first kappa shape index (κ1) is 21.3. The van der Waals surface area contributed by atoms with Crippen LogP contribution in [0, 0.1) is 11.8 Å². The van der Waals surface area contributed by atoms with Crippen LogP contribution < -0.4 is 5.32 Å². The summed E-state index contributed by atoms with van der Waals surface area (Å²) >= 11 is 6.22. The lowest BCUT2D eigenvalue weighted by atomic mass is 9.86. The number of halogens is 2. The molecule has 4 atom stereocenters. The molecule has 1 saturated carbocycles. The molecule has 164 valence electrons. The monoisotopic (exact) mass is 431 g/mol. The largest absolute Gasteiger partial charge is 0.380 e. The Bertz CT molecular complexity index is 615. The molecule has 0 radical (unpaired) electrons. The van der Waals surface area contributed by atoms with Gasteiger partial charge in [-0.1, -0.05) is 0 Å². The third-order valence-electron chi connectivity index (χ3n) is 6.89. The van der Waals surface area contributed by atoms with Gasteiger partial charge < -0.3 is 19.3 Å². The SMILES string of the molecule is COC1CNC(N2CC(=O)N(CC3CCC(Cl)CC3)[C@H](C3COC3)C2=O)C(F)C1. The number of ether oxygens (including phenoxy) is 2. The topological polar surface area (TPSA) is 71.1 Å². The Balaban J connectivity index is 1.48. The van der Waals surface area contributed by atoms with Gasteiger partial charge in [-0.05, 0) is 31.6 Å². The first-order chi connectivity index (χ1) is 14.0. The average Bonchev–Trinajstić information content (AvgIpc) is 2.67. The highest BCUT2D eigenvalue weighted by Gasteiger charge is 2.50. The number of hydrogen-bond acceptors (Lipinski definition) is 5. The molecule has 4 aliphatic rings. The van der Waals surface area contributed by atoms with E-state index in [1.165, 1.54) is 4.90 Å². The van der Waals surface area contributed by atoms with Crippen molar-refractivity contribution in [2.45, 2.75) is 62.0 Å². The van der Waals surface area contributed by atoms with Gasteiger partial charge in [-0.3, -0.25) is 14.9 Å². The fourth-order valence-corrected chi connectivity index (χ4v) is 5.28. The predicted octanol–water partition coefficient (Wildman–Crippen LogP) is 1.14. The van der Waals surface area contributed by atoms with Crippen molar-refractivity contribution in [2.75, 3.05) is 40.0 Å². The average molecular weight is 432 g/mol. The maximum absolute atomic E-state index is 14.8. The van der Waals surface area contributed by atoms with Crippen molar-refractivity contribution in [3.05, 3.63) is 0 Å². The summed E-state index contributed by atoms with van der Waals surface area (Å²) < 4.78 is 25.4. The van der Waals surface area contributed by atoms with E-state index in [1.54, 1.807) is 12.0 Å². The molecule has 0 aromatic rings.